The Bertz CT molecular complexity index is 1170. The molecular weight excluding hydrogens is 458 g/mol. The summed E-state index contributed by atoms with van der Waals surface area (Å²) >= 11 is 7.65. The molecule has 33 heavy (non-hydrogen) atoms. The first-order valence-corrected chi connectivity index (χ1v) is 11.8. The number of thioether (sulfide) groups is 1. The van der Waals surface area contributed by atoms with Crippen LogP contribution in [-0.2, 0) is 13.2 Å². The Morgan fingerprint density at radius 2 is 1.85 bits per heavy atom. The fraction of sp³-hybridized carbons (Fsp3) is 0.208. The summed E-state index contributed by atoms with van der Waals surface area (Å²) in [4.78, 5) is 0. The topological polar surface area (TPSA) is 74.1 Å². The van der Waals surface area contributed by atoms with Gasteiger partial charge in [0.15, 0.2) is 11.5 Å². The van der Waals surface area contributed by atoms with Crippen molar-refractivity contribution < 1.29 is 9.47 Å². The smallest absolute Gasteiger partial charge is 0.214 e. The van der Waals surface area contributed by atoms with Crippen molar-refractivity contribution in [2.75, 3.05) is 19.4 Å². The largest absolute Gasteiger partial charge is 0.493 e. The van der Waals surface area contributed by atoms with E-state index in [1.165, 1.54) is 0 Å². The van der Waals surface area contributed by atoms with Crippen LogP contribution in [-0.4, -0.2) is 39.6 Å². The second-order valence-electron chi connectivity index (χ2n) is 7.14. The molecule has 170 valence electrons. The van der Waals surface area contributed by atoms with Crippen LogP contribution in [0.2, 0.25) is 5.02 Å². The molecule has 0 radical (unpaired) electrons. The maximum Gasteiger partial charge on any atom is 0.214 e. The predicted molar refractivity (Wildman–Crippen MR) is 130 cm³/mol. The lowest BCUT2D eigenvalue weighted by atomic mass is 10.2. The molecule has 0 amide bonds. The van der Waals surface area contributed by atoms with Gasteiger partial charge in [-0.25, -0.2) is 0 Å². The summed E-state index contributed by atoms with van der Waals surface area (Å²) in [5.41, 5.74) is 3.06. The molecule has 3 aromatic carbocycles. The van der Waals surface area contributed by atoms with Gasteiger partial charge >= 0.3 is 0 Å². The third-order valence-corrected chi connectivity index (χ3v) is 5.95. The molecular formula is C24H24ClN5O2S. The highest BCUT2D eigenvalue weighted by Crippen LogP contribution is 2.29. The summed E-state index contributed by atoms with van der Waals surface area (Å²) in [5, 5.41) is 16.9. The number of hydrogen-bond acceptors (Lipinski definition) is 7. The zero-order valence-corrected chi connectivity index (χ0v) is 19.7. The molecule has 0 saturated carbocycles. The molecule has 0 unspecified atom stereocenters. The van der Waals surface area contributed by atoms with Gasteiger partial charge in [0.05, 0.1) is 12.8 Å². The van der Waals surface area contributed by atoms with Crippen LogP contribution in [0.1, 0.15) is 11.1 Å². The van der Waals surface area contributed by atoms with Gasteiger partial charge in [-0.1, -0.05) is 59.8 Å². The monoisotopic (exact) mass is 481 g/mol. The van der Waals surface area contributed by atoms with Crippen LogP contribution in [0.4, 0.5) is 0 Å². The lowest BCUT2D eigenvalue weighted by molar-refractivity contribution is 0.284. The Balaban J connectivity index is 1.25. The lowest BCUT2D eigenvalue weighted by Crippen LogP contribution is -2.17. The molecule has 0 aliphatic rings. The Kier molecular flexibility index (Phi) is 8.19. The van der Waals surface area contributed by atoms with E-state index in [2.05, 4.69) is 20.8 Å². The van der Waals surface area contributed by atoms with E-state index in [9.17, 15) is 0 Å². The molecule has 0 fully saturated rings. The SMILES string of the molecule is COc1cc(CNCCSc2nnnn2-c2ccccc2)ccc1OCc1cccc(Cl)c1. The summed E-state index contributed by atoms with van der Waals surface area (Å²) in [6.45, 7) is 1.95. The number of benzene rings is 3. The Labute approximate surface area is 202 Å². The number of hydrogen-bond donors (Lipinski definition) is 1. The highest BCUT2D eigenvalue weighted by molar-refractivity contribution is 7.99. The van der Waals surface area contributed by atoms with Gasteiger partial charge in [-0.05, 0) is 58.0 Å². The van der Waals surface area contributed by atoms with Gasteiger partial charge in [-0.15, -0.1) is 5.10 Å². The maximum absolute atomic E-state index is 6.04. The van der Waals surface area contributed by atoms with Gasteiger partial charge in [0.2, 0.25) is 5.16 Å². The zero-order valence-electron chi connectivity index (χ0n) is 18.1. The number of ether oxygens (including phenoxy) is 2. The third kappa shape index (κ3) is 6.47. The Morgan fingerprint density at radius 1 is 0.970 bits per heavy atom. The first-order chi connectivity index (χ1) is 16.2. The minimum absolute atomic E-state index is 0.425. The average Bonchev–Trinajstić information content (AvgIpc) is 3.32. The van der Waals surface area contributed by atoms with Crippen molar-refractivity contribution in [3.05, 3.63) is 88.9 Å². The van der Waals surface area contributed by atoms with E-state index in [1.807, 2.05) is 72.8 Å². The number of nitrogens with zero attached hydrogens (tertiary/aromatic N) is 4. The maximum atomic E-state index is 6.04. The fourth-order valence-electron chi connectivity index (χ4n) is 3.18. The minimum Gasteiger partial charge on any atom is -0.493 e. The quantitative estimate of drug-likeness (QED) is 0.244. The Hall–Kier alpha value is -3.07. The van der Waals surface area contributed by atoms with E-state index in [-0.39, 0.29) is 0 Å². The zero-order chi connectivity index (χ0) is 22.9. The number of rotatable bonds is 11. The Morgan fingerprint density at radius 3 is 2.67 bits per heavy atom. The standard InChI is InChI=1S/C24H24ClN5O2S/c1-31-23-15-18(10-11-22(23)32-17-19-6-5-7-20(25)14-19)16-26-12-13-33-24-27-28-29-30(24)21-8-3-2-4-9-21/h2-11,14-15,26H,12-13,16-17H2,1H3. The number of aromatic nitrogens is 4. The molecule has 1 N–H and O–H groups in total. The fourth-order valence-corrected chi connectivity index (χ4v) is 4.18. The molecule has 0 saturated heterocycles. The number of para-hydroxylation sites is 1. The van der Waals surface area contributed by atoms with E-state index in [4.69, 9.17) is 21.1 Å². The van der Waals surface area contributed by atoms with Crippen LogP contribution in [0.5, 0.6) is 11.5 Å². The van der Waals surface area contributed by atoms with Gasteiger partial charge in [0.25, 0.3) is 0 Å². The molecule has 0 aliphatic heterocycles. The van der Waals surface area contributed by atoms with Crippen LogP contribution in [0.15, 0.2) is 78.0 Å². The molecule has 0 bridgehead atoms. The number of methoxy groups -OCH3 is 1. The average molecular weight is 482 g/mol. The second kappa shape index (κ2) is 11.7. The molecule has 9 heteroatoms. The van der Waals surface area contributed by atoms with Gasteiger partial charge < -0.3 is 14.8 Å². The van der Waals surface area contributed by atoms with Gasteiger partial charge in [-0.2, -0.15) is 4.68 Å². The van der Waals surface area contributed by atoms with Crippen molar-refractivity contribution >= 4 is 23.4 Å². The van der Waals surface area contributed by atoms with Crippen LogP contribution in [0, 0.1) is 0 Å². The molecule has 4 rings (SSSR count). The van der Waals surface area contributed by atoms with Crippen molar-refractivity contribution in [1.29, 1.82) is 0 Å². The third-order valence-electron chi connectivity index (χ3n) is 4.79. The van der Waals surface area contributed by atoms with Gasteiger partial charge in [0.1, 0.15) is 6.61 Å². The lowest BCUT2D eigenvalue weighted by Gasteiger charge is -2.13. The number of halogens is 1. The summed E-state index contributed by atoms with van der Waals surface area (Å²) in [6.07, 6.45) is 0. The van der Waals surface area contributed by atoms with Crippen LogP contribution in [0.3, 0.4) is 0 Å². The number of tetrazole rings is 1. The normalized spacial score (nSPS) is 10.8. The summed E-state index contributed by atoms with van der Waals surface area (Å²) in [7, 11) is 1.65. The van der Waals surface area contributed by atoms with Crippen molar-refractivity contribution in [3.63, 3.8) is 0 Å². The van der Waals surface area contributed by atoms with E-state index in [1.54, 1.807) is 23.6 Å². The van der Waals surface area contributed by atoms with E-state index in [0.717, 1.165) is 40.8 Å². The van der Waals surface area contributed by atoms with Crippen molar-refractivity contribution in [3.8, 4) is 17.2 Å². The van der Waals surface area contributed by atoms with Gasteiger partial charge in [-0.3, -0.25) is 0 Å². The van der Waals surface area contributed by atoms with E-state index >= 15 is 0 Å². The molecule has 0 aliphatic carbocycles. The molecule has 1 aromatic heterocycles. The molecule has 0 spiro atoms. The second-order valence-corrected chi connectivity index (χ2v) is 8.64. The highest BCUT2D eigenvalue weighted by atomic mass is 35.5. The van der Waals surface area contributed by atoms with Crippen LogP contribution in [0.25, 0.3) is 5.69 Å². The van der Waals surface area contributed by atoms with Crippen molar-refractivity contribution in [2.24, 2.45) is 0 Å². The molecule has 7 nitrogen and oxygen atoms in total. The first-order valence-electron chi connectivity index (χ1n) is 10.4. The van der Waals surface area contributed by atoms with Gasteiger partial charge in [0, 0.05) is 23.9 Å². The van der Waals surface area contributed by atoms with Crippen molar-refractivity contribution in [1.82, 2.24) is 25.5 Å². The molecule has 1 heterocycles. The molecule has 0 atom stereocenters. The predicted octanol–water partition coefficient (Wildman–Crippen LogP) is 4.79. The van der Waals surface area contributed by atoms with E-state index in [0.29, 0.717) is 23.1 Å². The molecule has 4 aromatic rings. The van der Waals surface area contributed by atoms with Crippen molar-refractivity contribution in [2.45, 2.75) is 18.3 Å². The summed E-state index contributed by atoms with van der Waals surface area (Å²) in [5.74, 6) is 2.24. The highest BCUT2D eigenvalue weighted by Gasteiger charge is 2.09. The number of nitrogens with one attached hydrogen (secondary N) is 1. The first kappa shape index (κ1) is 23.1. The minimum atomic E-state index is 0.425. The summed E-state index contributed by atoms with van der Waals surface area (Å²) in [6, 6.07) is 23.4. The van der Waals surface area contributed by atoms with E-state index < -0.39 is 0 Å². The van der Waals surface area contributed by atoms with Crippen LogP contribution >= 0.6 is 23.4 Å². The summed E-state index contributed by atoms with van der Waals surface area (Å²) < 4.78 is 13.2. The van der Waals surface area contributed by atoms with Crippen LogP contribution < -0.4 is 14.8 Å².